The van der Waals surface area contributed by atoms with E-state index in [1.54, 1.807) is 19.0 Å². The molecule has 0 bridgehead atoms. The SMILES string of the molecule is Cc1ncnc2c1ccn2[C@@H]1C[C@]2(CC[C@@H](c3ccc4cc(Br)c(N)nc4c3)NC2)[C@@H](O)[C@H]1O.Cc1ncnc2c1ccn2[C@@H]1C[C@]2(CC[C@@H](c3ccccc3)OC2)[C@@H](O)[C@H]1O.Cc1ncnc2c1ccn2[C@@H]1C[C@]2(CC[C@H](c3ccc4cc(Br)c(N)nc4c3)NC2)[C@@H](O)[C@H]1O. The number of hydrogen-bond acceptors (Lipinski definition) is 19. The molecule has 0 radical (unpaired) electrons. The number of nitrogens with two attached hydrogens (primary N) is 2. The van der Waals surface area contributed by atoms with Crippen LogP contribution in [0, 0.1) is 37.0 Å². The van der Waals surface area contributed by atoms with Crippen molar-refractivity contribution in [1.82, 2.24) is 64.2 Å². The van der Waals surface area contributed by atoms with Gasteiger partial charge < -0.3 is 71.2 Å². The Morgan fingerprint density at radius 2 is 0.875 bits per heavy atom. The van der Waals surface area contributed by atoms with E-state index in [4.69, 9.17) is 16.2 Å². The summed E-state index contributed by atoms with van der Waals surface area (Å²) in [6.07, 6.45) is 12.7. The lowest BCUT2D eigenvalue weighted by Crippen LogP contribution is -2.48. The Morgan fingerprint density at radius 3 is 1.26 bits per heavy atom. The van der Waals surface area contributed by atoms with Gasteiger partial charge in [-0.25, -0.2) is 39.9 Å². The molecule has 0 amide bonds. The zero-order chi connectivity index (χ0) is 66.5. The highest BCUT2D eigenvalue weighted by Gasteiger charge is 2.57. The van der Waals surface area contributed by atoms with Crippen molar-refractivity contribution in [2.45, 2.75) is 151 Å². The lowest BCUT2D eigenvalue weighted by molar-refractivity contribution is -0.120. The van der Waals surface area contributed by atoms with Crippen molar-refractivity contribution >= 4 is 98.4 Å². The van der Waals surface area contributed by atoms with Crippen LogP contribution in [0.15, 0.2) is 144 Å². The van der Waals surface area contributed by atoms with Gasteiger partial charge in [0.05, 0.1) is 86.2 Å². The van der Waals surface area contributed by atoms with E-state index in [0.717, 1.165) is 131 Å². The third-order valence-electron chi connectivity index (χ3n) is 22.4. The van der Waals surface area contributed by atoms with Crippen molar-refractivity contribution in [2.24, 2.45) is 16.2 Å². The first-order valence-electron chi connectivity index (χ1n) is 33.1. The summed E-state index contributed by atoms with van der Waals surface area (Å²) < 4.78 is 13.8. The number of anilines is 2. The molecule has 498 valence electrons. The van der Waals surface area contributed by atoms with E-state index in [1.807, 2.05) is 102 Å². The van der Waals surface area contributed by atoms with Crippen LogP contribution >= 0.6 is 31.9 Å². The summed E-state index contributed by atoms with van der Waals surface area (Å²) in [5, 5.41) is 78.6. The zero-order valence-electron chi connectivity index (χ0n) is 53.5. The van der Waals surface area contributed by atoms with Gasteiger partial charge in [-0.05, 0) is 170 Å². The average molecular weight is 1430 g/mol. The summed E-state index contributed by atoms with van der Waals surface area (Å²) >= 11 is 6.88. The summed E-state index contributed by atoms with van der Waals surface area (Å²) in [6.45, 7) is 7.58. The quantitative estimate of drug-likeness (QED) is 0.0740. The fourth-order valence-corrected chi connectivity index (χ4v) is 17.5. The topological polar surface area (TPSA) is 325 Å². The van der Waals surface area contributed by atoms with E-state index in [9.17, 15) is 30.6 Å². The number of aryl methyl sites for hydroxylation is 3. The van der Waals surface area contributed by atoms with E-state index in [0.29, 0.717) is 50.6 Å². The van der Waals surface area contributed by atoms with Crippen molar-refractivity contribution in [3.63, 3.8) is 0 Å². The van der Waals surface area contributed by atoms with Gasteiger partial charge in [-0.3, -0.25) is 0 Å². The molecular formula is C72H79Br2N15O7. The maximum Gasteiger partial charge on any atom is 0.143 e. The van der Waals surface area contributed by atoms with Crippen LogP contribution < -0.4 is 22.1 Å². The van der Waals surface area contributed by atoms with Crippen LogP contribution in [-0.4, -0.2) is 141 Å². The molecule has 8 aromatic heterocycles. The molecule has 15 atom stereocenters. The first-order chi connectivity index (χ1) is 46.3. The molecule has 12 N–H and O–H groups in total. The smallest absolute Gasteiger partial charge is 0.143 e. The molecule has 6 aliphatic rings. The summed E-state index contributed by atoms with van der Waals surface area (Å²) in [5.41, 5.74) is 21.1. The number of nitrogens with one attached hydrogen (secondary N) is 2. The standard InChI is InChI=1S/2C25H27BrN6O2.C22H25N3O3/c2*1-13-16-5-7-32(24(16)30-12-29-13)20-10-25(22(34)21(20)33)6-4-18(28-11-25)15-3-2-14-8-17(26)23(27)31-19(14)9-15;1-14-16-8-10-25(21(16)24-13-23-14)17-11-22(20(27)19(17)26)9-7-18(28-12-22)15-5-3-2-4-6-15/h2*2-3,5,7-9,12,18,20-22,28,33-34H,4,6,10-11H2,1H3,(H2,27,31);2-6,8,10,13,17-20,26-27H,7,9,11-12H2,1H3/t18-,20+,21-,22-,25-;18-,20-,21+,22+,25+;17-,18+,19+,20+,22+/m011/s1. The summed E-state index contributed by atoms with van der Waals surface area (Å²) in [4.78, 5) is 35.1. The van der Waals surface area contributed by atoms with Gasteiger partial charge in [-0.1, -0.05) is 54.6 Å². The van der Waals surface area contributed by atoms with Crippen LogP contribution in [0.3, 0.4) is 0 Å². The van der Waals surface area contributed by atoms with E-state index in [1.165, 1.54) is 5.56 Å². The summed E-state index contributed by atoms with van der Waals surface area (Å²) in [5.74, 6) is 0.958. The number of nitrogens with zero attached hydrogens (tertiary/aromatic N) is 11. The van der Waals surface area contributed by atoms with Crippen LogP contribution in [0.1, 0.15) is 128 Å². The monoisotopic (exact) mass is 1420 g/mol. The summed E-state index contributed by atoms with van der Waals surface area (Å²) in [7, 11) is 0. The molecule has 3 aromatic carbocycles. The number of aliphatic hydroxyl groups excluding tert-OH is 6. The first-order valence-corrected chi connectivity index (χ1v) is 34.7. The molecule has 3 spiro atoms. The molecule has 22 nitrogen and oxygen atoms in total. The summed E-state index contributed by atoms with van der Waals surface area (Å²) in [6, 6.07) is 32.3. The maximum atomic E-state index is 11.2. The van der Waals surface area contributed by atoms with Gasteiger partial charge in [0.15, 0.2) is 0 Å². The molecule has 3 aliphatic heterocycles. The fourth-order valence-electron chi connectivity index (χ4n) is 16.8. The number of fused-ring (bicyclic) bond motifs is 5. The number of aromatic nitrogens is 11. The molecule has 11 aromatic rings. The highest BCUT2D eigenvalue weighted by atomic mass is 79.9. The van der Waals surface area contributed by atoms with Crippen molar-refractivity contribution < 1.29 is 35.4 Å². The third kappa shape index (κ3) is 11.3. The van der Waals surface area contributed by atoms with Gasteiger partial charge in [-0.15, -0.1) is 0 Å². The van der Waals surface area contributed by atoms with E-state index < -0.39 is 42.0 Å². The molecular weight excluding hydrogens is 1350 g/mol. The van der Waals surface area contributed by atoms with Crippen molar-refractivity contribution in [1.29, 1.82) is 0 Å². The Bertz CT molecular complexity index is 4490. The van der Waals surface area contributed by atoms with Crippen LogP contribution in [0.25, 0.3) is 54.9 Å². The lowest BCUT2D eigenvalue weighted by Gasteiger charge is -2.40. The number of aliphatic hydroxyl groups is 6. The number of piperidine rings is 2. The second kappa shape index (κ2) is 25.4. The second-order valence-corrected chi connectivity index (χ2v) is 29.5. The lowest BCUT2D eigenvalue weighted by atomic mass is 9.74. The number of nitrogen functional groups attached to an aromatic ring is 2. The third-order valence-corrected chi connectivity index (χ3v) is 23.7. The molecule has 6 fully saturated rings. The van der Waals surface area contributed by atoms with Gasteiger partial charge in [0.25, 0.3) is 0 Å². The van der Waals surface area contributed by atoms with Gasteiger partial charge in [0.1, 0.15) is 65.9 Å². The van der Waals surface area contributed by atoms with E-state index in [-0.39, 0.29) is 47.1 Å². The van der Waals surface area contributed by atoms with E-state index in [2.05, 4.69) is 131 Å². The van der Waals surface area contributed by atoms with Crippen molar-refractivity contribution in [3.8, 4) is 0 Å². The molecule has 17 rings (SSSR count). The Kier molecular flexibility index (Phi) is 17.1. The first kappa shape index (κ1) is 64.5. The molecule has 3 saturated heterocycles. The molecule has 96 heavy (non-hydrogen) atoms. The van der Waals surface area contributed by atoms with Crippen LogP contribution in [0.5, 0.6) is 0 Å². The van der Waals surface area contributed by atoms with E-state index >= 15 is 0 Å². The van der Waals surface area contributed by atoms with Crippen molar-refractivity contribution in [3.05, 3.63) is 177 Å². The fraction of sp³-hybridized carbons (Fsp3) is 0.417. The predicted octanol–water partition coefficient (Wildman–Crippen LogP) is 9.77. The zero-order valence-corrected chi connectivity index (χ0v) is 56.7. The Hall–Kier alpha value is -7.46. The largest absolute Gasteiger partial charge is 0.390 e. The Labute approximate surface area is 570 Å². The molecule has 24 heteroatoms. The minimum atomic E-state index is -0.851. The number of halogens is 2. The number of ether oxygens (including phenoxy) is 1. The molecule has 11 heterocycles. The van der Waals surface area contributed by atoms with Gasteiger partial charge in [0, 0.05) is 86.9 Å². The minimum Gasteiger partial charge on any atom is -0.390 e. The van der Waals surface area contributed by atoms with Gasteiger partial charge >= 0.3 is 0 Å². The maximum absolute atomic E-state index is 11.2. The van der Waals surface area contributed by atoms with Crippen LogP contribution in [0.2, 0.25) is 0 Å². The highest BCUT2D eigenvalue weighted by molar-refractivity contribution is 9.11. The van der Waals surface area contributed by atoms with Crippen LogP contribution in [0.4, 0.5) is 11.6 Å². The number of hydrogen-bond donors (Lipinski definition) is 10. The normalized spacial score (nSPS) is 30.4. The minimum absolute atomic E-state index is 0.0537. The molecule has 0 unspecified atom stereocenters. The van der Waals surface area contributed by atoms with Crippen LogP contribution in [-0.2, 0) is 4.74 Å². The molecule has 3 aliphatic carbocycles. The number of rotatable bonds is 6. The average Bonchev–Trinajstić information content (AvgIpc) is 1.61. The highest BCUT2D eigenvalue weighted by Crippen LogP contribution is 2.55. The Balaban J connectivity index is 0.000000119. The Morgan fingerprint density at radius 1 is 0.479 bits per heavy atom. The molecule has 3 saturated carbocycles. The predicted molar refractivity (Wildman–Crippen MR) is 373 cm³/mol. The van der Waals surface area contributed by atoms with Crippen molar-refractivity contribution in [2.75, 3.05) is 31.2 Å². The number of pyridine rings is 2. The number of benzene rings is 3. The van der Waals surface area contributed by atoms with Gasteiger partial charge in [-0.2, -0.15) is 0 Å². The second-order valence-electron chi connectivity index (χ2n) is 27.8. The van der Waals surface area contributed by atoms with Gasteiger partial charge in [0.2, 0.25) is 0 Å².